The maximum atomic E-state index is 13.9. The molecule has 1 fully saturated rings. The summed E-state index contributed by atoms with van der Waals surface area (Å²) in [7, 11) is 0. The molecule has 6 heteroatoms. The number of hydrogen-bond donors (Lipinski definition) is 1. The minimum atomic E-state index is -0.357. The van der Waals surface area contributed by atoms with E-state index in [9.17, 15) is 4.39 Å². The molecule has 0 saturated heterocycles. The van der Waals surface area contributed by atoms with Crippen LogP contribution >= 0.6 is 0 Å². The van der Waals surface area contributed by atoms with Crippen LogP contribution in [0.1, 0.15) is 19.8 Å². The highest BCUT2D eigenvalue weighted by Gasteiger charge is 2.29. The Kier molecular flexibility index (Phi) is 2.93. The highest BCUT2D eigenvalue weighted by Crippen LogP contribution is 2.37. The summed E-state index contributed by atoms with van der Waals surface area (Å²) in [6.45, 7) is 2.89. The van der Waals surface area contributed by atoms with Gasteiger partial charge in [0.2, 0.25) is 0 Å². The van der Waals surface area contributed by atoms with Gasteiger partial charge < -0.3 is 5.73 Å². The molecule has 1 aliphatic carbocycles. The molecule has 1 aromatic carbocycles. The van der Waals surface area contributed by atoms with E-state index in [4.69, 9.17) is 5.73 Å². The van der Waals surface area contributed by atoms with E-state index in [1.807, 2.05) is 0 Å². The Hall–Kier alpha value is -1.98. The highest BCUT2D eigenvalue weighted by atomic mass is 19.1. The van der Waals surface area contributed by atoms with Crippen LogP contribution in [0.2, 0.25) is 0 Å². The average Bonchev–Trinajstić information content (AvgIpc) is 3.14. The van der Waals surface area contributed by atoms with Crippen LogP contribution in [0.4, 0.5) is 10.1 Å². The van der Waals surface area contributed by atoms with Gasteiger partial charge in [0.25, 0.3) is 0 Å². The van der Waals surface area contributed by atoms with Gasteiger partial charge in [-0.2, -0.15) is 0 Å². The third-order valence-electron chi connectivity index (χ3n) is 3.65. The van der Waals surface area contributed by atoms with Crippen molar-refractivity contribution in [2.24, 2.45) is 11.8 Å². The van der Waals surface area contributed by atoms with Crippen molar-refractivity contribution in [3.8, 4) is 11.4 Å². The maximum absolute atomic E-state index is 13.9. The lowest BCUT2D eigenvalue weighted by molar-refractivity contribution is 0.402. The molecular formula is C13H16FN5. The van der Waals surface area contributed by atoms with Crippen molar-refractivity contribution in [1.29, 1.82) is 0 Å². The number of halogens is 1. The summed E-state index contributed by atoms with van der Waals surface area (Å²) in [6.07, 6.45) is 2.54. The van der Waals surface area contributed by atoms with Crippen molar-refractivity contribution < 1.29 is 4.39 Å². The quantitative estimate of drug-likeness (QED) is 0.856. The van der Waals surface area contributed by atoms with Gasteiger partial charge in [-0.25, -0.2) is 9.07 Å². The van der Waals surface area contributed by atoms with Crippen LogP contribution in [0.5, 0.6) is 0 Å². The van der Waals surface area contributed by atoms with E-state index in [0.29, 0.717) is 29.5 Å². The first-order valence-electron chi connectivity index (χ1n) is 6.46. The molecule has 1 unspecified atom stereocenters. The predicted molar refractivity (Wildman–Crippen MR) is 69.5 cm³/mol. The molecule has 1 heterocycles. The largest absolute Gasteiger partial charge is 0.399 e. The Labute approximate surface area is 110 Å². The third kappa shape index (κ3) is 2.43. The number of benzene rings is 1. The van der Waals surface area contributed by atoms with Crippen LogP contribution in [-0.2, 0) is 6.54 Å². The molecule has 100 valence electrons. The normalized spacial score (nSPS) is 16.5. The molecule has 0 aliphatic heterocycles. The summed E-state index contributed by atoms with van der Waals surface area (Å²) in [5.74, 6) is 1.34. The van der Waals surface area contributed by atoms with Crippen molar-refractivity contribution in [2.75, 3.05) is 5.73 Å². The number of nitrogens with two attached hydrogens (primary N) is 1. The van der Waals surface area contributed by atoms with Crippen LogP contribution in [0, 0.1) is 17.7 Å². The fourth-order valence-corrected chi connectivity index (χ4v) is 2.32. The van der Waals surface area contributed by atoms with Gasteiger partial charge in [-0.3, -0.25) is 0 Å². The molecule has 2 aromatic rings. The molecule has 1 saturated carbocycles. The topological polar surface area (TPSA) is 69.6 Å². The zero-order valence-electron chi connectivity index (χ0n) is 10.8. The lowest BCUT2D eigenvalue weighted by Crippen LogP contribution is -2.12. The molecule has 0 bridgehead atoms. The van der Waals surface area contributed by atoms with Crippen LogP contribution in [0.15, 0.2) is 18.2 Å². The molecule has 19 heavy (non-hydrogen) atoms. The second-order valence-corrected chi connectivity index (χ2v) is 5.24. The van der Waals surface area contributed by atoms with E-state index in [1.54, 1.807) is 10.7 Å². The summed E-state index contributed by atoms with van der Waals surface area (Å²) in [6, 6.07) is 4.44. The first kappa shape index (κ1) is 12.1. The third-order valence-corrected chi connectivity index (χ3v) is 3.65. The fraction of sp³-hybridized carbons (Fsp3) is 0.462. The zero-order chi connectivity index (χ0) is 13.4. The number of aromatic nitrogens is 4. The maximum Gasteiger partial charge on any atom is 0.185 e. The SMILES string of the molecule is CC(Cn1nnnc1-c1cc(N)ccc1F)C1CC1. The molecule has 3 rings (SSSR count). The van der Waals surface area contributed by atoms with Crippen molar-refractivity contribution >= 4 is 5.69 Å². The summed E-state index contributed by atoms with van der Waals surface area (Å²) in [4.78, 5) is 0. The number of nitrogen functional groups attached to an aromatic ring is 1. The first-order chi connectivity index (χ1) is 9.15. The van der Waals surface area contributed by atoms with E-state index in [1.165, 1.54) is 25.0 Å². The Bertz CT molecular complexity index is 590. The summed E-state index contributed by atoms with van der Waals surface area (Å²) in [5, 5.41) is 11.5. The van der Waals surface area contributed by atoms with E-state index in [0.717, 1.165) is 5.92 Å². The van der Waals surface area contributed by atoms with Crippen LogP contribution in [0.25, 0.3) is 11.4 Å². The van der Waals surface area contributed by atoms with E-state index < -0.39 is 0 Å². The molecule has 1 aliphatic rings. The van der Waals surface area contributed by atoms with Gasteiger partial charge in [-0.1, -0.05) is 6.92 Å². The van der Waals surface area contributed by atoms with Gasteiger partial charge in [-0.15, -0.1) is 5.10 Å². The number of anilines is 1. The minimum Gasteiger partial charge on any atom is -0.399 e. The molecular weight excluding hydrogens is 245 g/mol. The van der Waals surface area contributed by atoms with Crippen molar-refractivity contribution in [3.63, 3.8) is 0 Å². The monoisotopic (exact) mass is 261 g/mol. The van der Waals surface area contributed by atoms with Crippen molar-refractivity contribution in [2.45, 2.75) is 26.3 Å². The van der Waals surface area contributed by atoms with E-state index >= 15 is 0 Å². The Morgan fingerprint density at radius 2 is 2.26 bits per heavy atom. The summed E-state index contributed by atoms with van der Waals surface area (Å²) < 4.78 is 15.5. The van der Waals surface area contributed by atoms with Crippen LogP contribution in [0.3, 0.4) is 0 Å². The van der Waals surface area contributed by atoms with Gasteiger partial charge >= 0.3 is 0 Å². The van der Waals surface area contributed by atoms with Crippen LogP contribution < -0.4 is 5.73 Å². The highest BCUT2D eigenvalue weighted by molar-refractivity contribution is 5.61. The molecule has 0 radical (unpaired) electrons. The van der Waals surface area contributed by atoms with Crippen molar-refractivity contribution in [3.05, 3.63) is 24.0 Å². The molecule has 1 aromatic heterocycles. The second kappa shape index (κ2) is 4.60. The lowest BCUT2D eigenvalue weighted by atomic mass is 10.1. The molecule has 5 nitrogen and oxygen atoms in total. The standard InChI is InChI=1S/C13H16FN5/c1-8(9-2-3-9)7-19-13(16-17-18-19)11-6-10(15)4-5-12(11)14/h4-6,8-9H,2-3,7,15H2,1H3. The summed E-state index contributed by atoms with van der Waals surface area (Å²) >= 11 is 0. The van der Waals surface area contributed by atoms with Crippen LogP contribution in [-0.4, -0.2) is 20.2 Å². The van der Waals surface area contributed by atoms with Gasteiger partial charge in [0.1, 0.15) is 5.82 Å². The number of tetrazole rings is 1. The minimum absolute atomic E-state index is 0.355. The Morgan fingerprint density at radius 3 is 3.00 bits per heavy atom. The Balaban J connectivity index is 1.92. The molecule has 1 atom stereocenters. The predicted octanol–water partition coefficient (Wildman–Crippen LogP) is 2.11. The Morgan fingerprint density at radius 1 is 1.47 bits per heavy atom. The summed E-state index contributed by atoms with van der Waals surface area (Å²) in [5.41, 5.74) is 6.55. The molecule has 2 N–H and O–H groups in total. The second-order valence-electron chi connectivity index (χ2n) is 5.24. The van der Waals surface area contributed by atoms with Gasteiger partial charge in [0.15, 0.2) is 5.82 Å². The van der Waals surface area contributed by atoms with E-state index in [-0.39, 0.29) is 5.82 Å². The number of nitrogens with zero attached hydrogens (tertiary/aromatic N) is 4. The van der Waals surface area contributed by atoms with Crippen molar-refractivity contribution in [1.82, 2.24) is 20.2 Å². The first-order valence-corrected chi connectivity index (χ1v) is 6.46. The zero-order valence-corrected chi connectivity index (χ0v) is 10.8. The smallest absolute Gasteiger partial charge is 0.185 e. The number of rotatable bonds is 4. The van der Waals surface area contributed by atoms with E-state index in [2.05, 4.69) is 22.4 Å². The van der Waals surface area contributed by atoms with Gasteiger partial charge in [-0.05, 0) is 53.3 Å². The molecule has 0 amide bonds. The van der Waals surface area contributed by atoms with Gasteiger partial charge in [0, 0.05) is 12.2 Å². The number of hydrogen-bond acceptors (Lipinski definition) is 4. The fourth-order valence-electron chi connectivity index (χ4n) is 2.32. The van der Waals surface area contributed by atoms with Gasteiger partial charge in [0.05, 0.1) is 5.56 Å². The average molecular weight is 261 g/mol. The molecule has 0 spiro atoms. The lowest BCUT2D eigenvalue weighted by Gasteiger charge is -2.11.